The topological polar surface area (TPSA) is 51.2 Å². The van der Waals surface area contributed by atoms with Gasteiger partial charge in [-0.05, 0) is 62.1 Å². The molecule has 2 aromatic carbocycles. The first-order valence-electron chi connectivity index (χ1n) is 8.50. The third-order valence-electron chi connectivity index (χ3n) is 3.91. The monoisotopic (exact) mass is 466 g/mol. The summed E-state index contributed by atoms with van der Waals surface area (Å²) < 4.78 is 12.2. The number of ether oxygens (including phenoxy) is 1. The van der Waals surface area contributed by atoms with Crippen molar-refractivity contribution in [2.75, 3.05) is 6.54 Å². The molecule has 0 fully saturated rings. The number of hydrogen-bond acceptors (Lipinski definition) is 4. The Kier molecular flexibility index (Phi) is 6.08. The van der Waals surface area contributed by atoms with E-state index < -0.39 is 11.7 Å². The number of rotatable bonds is 4. The minimum atomic E-state index is -0.542. The highest BCUT2D eigenvalue weighted by molar-refractivity contribution is 9.10. The van der Waals surface area contributed by atoms with Gasteiger partial charge in [0.25, 0.3) is 0 Å². The van der Waals surface area contributed by atoms with Crippen molar-refractivity contribution >= 4 is 55.2 Å². The Balaban J connectivity index is 1.92. The van der Waals surface area contributed by atoms with Crippen LogP contribution in [0.2, 0.25) is 5.02 Å². The van der Waals surface area contributed by atoms with Gasteiger partial charge in [-0.25, -0.2) is 4.79 Å². The first-order chi connectivity index (χ1) is 12.7. The number of hydrogen-bond donors (Lipinski definition) is 1. The van der Waals surface area contributed by atoms with Crippen molar-refractivity contribution < 1.29 is 9.53 Å². The first-order valence-corrected chi connectivity index (χ1v) is 10.4. The summed E-state index contributed by atoms with van der Waals surface area (Å²) in [5, 5.41) is 4.63. The minimum absolute atomic E-state index is 0.107. The summed E-state index contributed by atoms with van der Waals surface area (Å²) in [6.45, 7) is 5.91. The number of nitrogens with one attached hydrogen (secondary N) is 1. The predicted octanol–water partition coefficient (Wildman–Crippen LogP) is 6.37. The van der Waals surface area contributed by atoms with Crippen LogP contribution in [0.15, 0.2) is 46.9 Å². The third kappa shape index (κ3) is 5.21. The highest BCUT2D eigenvalue weighted by Crippen LogP contribution is 2.34. The molecule has 1 amide bonds. The number of carbonyl (C=O) groups excluding carboxylic acids is 1. The van der Waals surface area contributed by atoms with E-state index in [9.17, 15) is 4.79 Å². The van der Waals surface area contributed by atoms with Gasteiger partial charge in [0.15, 0.2) is 0 Å². The molecule has 7 heteroatoms. The molecule has 0 spiro atoms. The van der Waals surface area contributed by atoms with E-state index in [0.717, 1.165) is 25.8 Å². The van der Waals surface area contributed by atoms with Gasteiger partial charge in [-0.15, -0.1) is 0 Å². The maximum atomic E-state index is 12.1. The lowest BCUT2D eigenvalue weighted by molar-refractivity contribution is 0.0526. The minimum Gasteiger partial charge on any atom is -0.444 e. The van der Waals surface area contributed by atoms with Crippen LogP contribution < -0.4 is 5.32 Å². The standard InChI is InChI=1S/C20H20BrClN2O2S/c1-20(2,3)26-19(25)23-11-16(12-4-7-14(22)8-5-12)18-15-9-6-13(21)10-17(15)27-24-18/h4-10,16H,11H2,1-3H3,(H,23,25). The maximum absolute atomic E-state index is 12.1. The fourth-order valence-corrected chi connectivity index (χ4v) is 4.26. The lowest BCUT2D eigenvalue weighted by Gasteiger charge is -2.22. The molecule has 0 aliphatic carbocycles. The number of alkyl carbamates (subject to hydrolysis) is 1. The molecule has 3 rings (SSSR count). The Morgan fingerprint density at radius 1 is 1.26 bits per heavy atom. The molecule has 0 aliphatic rings. The molecule has 142 valence electrons. The SMILES string of the molecule is CC(C)(C)OC(=O)NCC(c1ccc(Cl)cc1)c1nsc2cc(Br)ccc12. The smallest absolute Gasteiger partial charge is 0.407 e. The number of nitrogens with zero attached hydrogens (tertiary/aromatic N) is 1. The second-order valence-corrected chi connectivity index (χ2v) is 9.35. The second kappa shape index (κ2) is 8.17. The third-order valence-corrected chi connectivity index (χ3v) is 5.48. The van der Waals surface area contributed by atoms with Gasteiger partial charge >= 0.3 is 6.09 Å². The number of fused-ring (bicyclic) bond motifs is 1. The molecule has 1 N–H and O–H groups in total. The van der Waals surface area contributed by atoms with Gasteiger partial charge in [0.2, 0.25) is 0 Å². The van der Waals surface area contributed by atoms with E-state index in [2.05, 4.69) is 37.8 Å². The van der Waals surface area contributed by atoms with Crippen LogP contribution >= 0.6 is 39.1 Å². The largest absolute Gasteiger partial charge is 0.444 e. The second-order valence-electron chi connectivity index (χ2n) is 7.20. The summed E-state index contributed by atoms with van der Waals surface area (Å²) in [6.07, 6.45) is -0.441. The van der Waals surface area contributed by atoms with Crippen LogP contribution in [0, 0.1) is 0 Å². The fraction of sp³-hybridized carbons (Fsp3) is 0.300. The van der Waals surface area contributed by atoms with Gasteiger partial charge in [0, 0.05) is 27.3 Å². The molecular formula is C20H20BrClN2O2S. The molecule has 0 radical (unpaired) electrons. The van der Waals surface area contributed by atoms with Gasteiger partial charge < -0.3 is 10.1 Å². The van der Waals surface area contributed by atoms with Crippen molar-refractivity contribution in [3.05, 3.63) is 63.2 Å². The van der Waals surface area contributed by atoms with Gasteiger partial charge in [0.1, 0.15) is 5.60 Å². The van der Waals surface area contributed by atoms with E-state index in [-0.39, 0.29) is 5.92 Å². The van der Waals surface area contributed by atoms with E-state index >= 15 is 0 Å². The quantitative estimate of drug-likeness (QED) is 0.485. The number of benzene rings is 2. The van der Waals surface area contributed by atoms with Gasteiger partial charge in [0.05, 0.1) is 10.4 Å². The Morgan fingerprint density at radius 3 is 2.63 bits per heavy atom. The van der Waals surface area contributed by atoms with E-state index in [1.54, 1.807) is 0 Å². The predicted molar refractivity (Wildman–Crippen MR) is 115 cm³/mol. The molecule has 1 unspecified atom stereocenters. The molecule has 0 bridgehead atoms. The van der Waals surface area contributed by atoms with E-state index in [1.807, 2.05) is 51.1 Å². The molecule has 4 nitrogen and oxygen atoms in total. The summed E-state index contributed by atoms with van der Waals surface area (Å²) >= 11 is 11.0. The Labute approximate surface area is 176 Å². The van der Waals surface area contributed by atoms with E-state index in [0.29, 0.717) is 11.6 Å². The van der Waals surface area contributed by atoms with Crippen LogP contribution in [-0.4, -0.2) is 22.6 Å². The summed E-state index contributed by atoms with van der Waals surface area (Å²) in [5.74, 6) is -0.107. The lowest BCUT2D eigenvalue weighted by Crippen LogP contribution is -2.35. The Bertz CT molecular complexity index is 951. The molecular weight excluding hydrogens is 448 g/mol. The van der Waals surface area contributed by atoms with Crippen LogP contribution in [0.25, 0.3) is 10.1 Å². The van der Waals surface area contributed by atoms with Crippen LogP contribution in [0.4, 0.5) is 4.79 Å². The number of halogens is 2. The molecule has 1 aromatic heterocycles. The zero-order valence-electron chi connectivity index (χ0n) is 15.3. The van der Waals surface area contributed by atoms with Crippen molar-refractivity contribution in [1.29, 1.82) is 0 Å². The molecule has 3 aromatic rings. The number of amides is 1. The average Bonchev–Trinajstić information content (AvgIpc) is 2.98. The van der Waals surface area contributed by atoms with E-state index in [4.69, 9.17) is 16.3 Å². The fourth-order valence-electron chi connectivity index (χ4n) is 2.75. The molecule has 1 heterocycles. The summed E-state index contributed by atoms with van der Waals surface area (Å²) in [7, 11) is 0. The van der Waals surface area contributed by atoms with Crippen molar-refractivity contribution in [3.63, 3.8) is 0 Å². The summed E-state index contributed by atoms with van der Waals surface area (Å²) in [6, 6.07) is 13.7. The zero-order valence-corrected chi connectivity index (χ0v) is 18.4. The van der Waals surface area contributed by atoms with Crippen molar-refractivity contribution in [2.45, 2.75) is 32.3 Å². The highest BCUT2D eigenvalue weighted by atomic mass is 79.9. The van der Waals surface area contributed by atoms with Crippen molar-refractivity contribution in [3.8, 4) is 0 Å². The van der Waals surface area contributed by atoms with Crippen LogP contribution in [0.5, 0.6) is 0 Å². The maximum Gasteiger partial charge on any atom is 0.407 e. The van der Waals surface area contributed by atoms with Crippen LogP contribution in [-0.2, 0) is 4.74 Å². The molecule has 1 atom stereocenters. The van der Waals surface area contributed by atoms with E-state index in [1.165, 1.54) is 11.5 Å². The first kappa shape index (κ1) is 20.1. The number of carbonyl (C=O) groups is 1. The number of aromatic nitrogens is 1. The highest BCUT2D eigenvalue weighted by Gasteiger charge is 2.23. The lowest BCUT2D eigenvalue weighted by atomic mass is 9.93. The van der Waals surface area contributed by atoms with Gasteiger partial charge in [-0.1, -0.05) is 45.7 Å². The van der Waals surface area contributed by atoms with Gasteiger partial charge in [-0.2, -0.15) is 4.37 Å². The summed E-state index contributed by atoms with van der Waals surface area (Å²) in [4.78, 5) is 12.1. The van der Waals surface area contributed by atoms with Gasteiger partial charge in [-0.3, -0.25) is 0 Å². The van der Waals surface area contributed by atoms with Crippen molar-refractivity contribution in [1.82, 2.24) is 9.69 Å². The summed E-state index contributed by atoms with van der Waals surface area (Å²) in [5.41, 5.74) is 1.42. The molecule has 0 saturated heterocycles. The van der Waals surface area contributed by atoms with Crippen LogP contribution in [0.3, 0.4) is 0 Å². The molecule has 0 saturated carbocycles. The average molecular weight is 468 g/mol. The van der Waals surface area contributed by atoms with Crippen LogP contribution in [0.1, 0.15) is 37.9 Å². The Hall–Kier alpha value is -1.63. The molecule has 27 heavy (non-hydrogen) atoms. The zero-order chi connectivity index (χ0) is 19.6. The molecule has 0 aliphatic heterocycles. The normalized spacial score (nSPS) is 12.8. The van der Waals surface area contributed by atoms with Crippen molar-refractivity contribution in [2.24, 2.45) is 0 Å². The Morgan fingerprint density at radius 2 is 1.96 bits per heavy atom.